The molecule has 0 saturated carbocycles. The third kappa shape index (κ3) is 4.75. The van der Waals surface area contributed by atoms with Crippen molar-refractivity contribution in [3.8, 4) is 0 Å². The fourth-order valence-electron chi connectivity index (χ4n) is 2.79. The van der Waals surface area contributed by atoms with Crippen LogP contribution in [0.5, 0.6) is 0 Å². The molecule has 0 aliphatic carbocycles. The Labute approximate surface area is 173 Å². The predicted molar refractivity (Wildman–Crippen MR) is 116 cm³/mol. The van der Waals surface area contributed by atoms with Crippen molar-refractivity contribution in [1.29, 1.82) is 0 Å². The molecule has 7 heteroatoms. The number of nitrogens with one attached hydrogen (secondary N) is 1. The zero-order valence-electron chi connectivity index (χ0n) is 16.0. The van der Waals surface area contributed by atoms with Crippen molar-refractivity contribution < 1.29 is 4.79 Å². The van der Waals surface area contributed by atoms with E-state index in [9.17, 15) is 9.59 Å². The number of rotatable bonds is 6. The maximum Gasteiger partial charge on any atom is 0.262 e. The molecule has 1 atom stereocenters. The van der Waals surface area contributed by atoms with Gasteiger partial charge in [0.05, 0.1) is 16.2 Å². The lowest BCUT2D eigenvalue weighted by atomic mass is 10.2. The van der Waals surface area contributed by atoms with E-state index >= 15 is 0 Å². The zero-order valence-corrected chi connectivity index (χ0v) is 17.6. The Morgan fingerprint density at radius 1 is 1.18 bits per heavy atom. The molecule has 3 rings (SSSR count). The van der Waals surface area contributed by atoms with E-state index in [1.807, 2.05) is 32.0 Å². The first-order valence-corrected chi connectivity index (χ1v) is 10.3. The highest BCUT2D eigenvalue weighted by atomic mass is 35.5. The largest absolute Gasteiger partial charge is 0.325 e. The average Bonchev–Trinajstić information content (AvgIpc) is 2.64. The summed E-state index contributed by atoms with van der Waals surface area (Å²) in [5, 5.41) is 4.11. The molecule has 1 heterocycles. The Bertz CT molecular complexity index is 1060. The summed E-state index contributed by atoms with van der Waals surface area (Å²) in [6, 6.07) is 14.3. The van der Waals surface area contributed by atoms with E-state index in [0.717, 1.165) is 0 Å². The molecular formula is C21H22ClN3O2S. The molecule has 1 N–H and O–H groups in total. The minimum atomic E-state index is -0.439. The fourth-order valence-corrected chi connectivity index (χ4v) is 3.89. The van der Waals surface area contributed by atoms with E-state index < -0.39 is 5.25 Å². The van der Waals surface area contributed by atoms with Crippen LogP contribution < -0.4 is 10.9 Å². The number of thioether (sulfide) groups is 1. The van der Waals surface area contributed by atoms with E-state index in [1.165, 1.54) is 11.8 Å². The van der Waals surface area contributed by atoms with Crippen molar-refractivity contribution >= 4 is 45.9 Å². The van der Waals surface area contributed by atoms with Crippen LogP contribution in [0.25, 0.3) is 10.9 Å². The van der Waals surface area contributed by atoms with Crippen LogP contribution in [-0.4, -0.2) is 20.7 Å². The molecule has 0 spiro atoms. The predicted octanol–water partition coefficient (Wildman–Crippen LogP) is 4.83. The number of para-hydroxylation sites is 1. The highest BCUT2D eigenvalue weighted by Gasteiger charge is 2.20. The standard InChI is InChI=1S/C21H22ClN3O2S/c1-13(2)12-25-20(27)17-9-4-5-10-18(17)24-21(25)28-14(3)19(26)23-16-8-6-7-15(22)11-16/h4-11,13-14H,12H2,1-3H3,(H,23,26)/t14-/m0/s1. The van der Waals surface area contributed by atoms with Gasteiger partial charge in [0.1, 0.15) is 0 Å². The Hall–Kier alpha value is -2.31. The molecule has 0 aliphatic rings. The minimum absolute atomic E-state index is 0.0794. The van der Waals surface area contributed by atoms with Gasteiger partial charge in [-0.2, -0.15) is 0 Å². The first-order chi connectivity index (χ1) is 13.3. The number of benzene rings is 2. The van der Waals surface area contributed by atoms with Gasteiger partial charge in [0.15, 0.2) is 5.16 Å². The van der Waals surface area contributed by atoms with Gasteiger partial charge in [0, 0.05) is 17.3 Å². The van der Waals surface area contributed by atoms with Crippen LogP contribution in [0, 0.1) is 5.92 Å². The smallest absolute Gasteiger partial charge is 0.262 e. The number of anilines is 1. The summed E-state index contributed by atoms with van der Waals surface area (Å²) < 4.78 is 1.67. The summed E-state index contributed by atoms with van der Waals surface area (Å²) in [4.78, 5) is 30.2. The lowest BCUT2D eigenvalue weighted by molar-refractivity contribution is -0.115. The van der Waals surface area contributed by atoms with Gasteiger partial charge < -0.3 is 5.32 Å². The van der Waals surface area contributed by atoms with E-state index in [4.69, 9.17) is 11.6 Å². The molecular weight excluding hydrogens is 394 g/mol. The molecule has 2 aromatic carbocycles. The Balaban J connectivity index is 1.89. The van der Waals surface area contributed by atoms with Crippen LogP contribution in [0.4, 0.5) is 5.69 Å². The quantitative estimate of drug-likeness (QED) is 0.462. The van der Waals surface area contributed by atoms with Crippen molar-refractivity contribution in [2.45, 2.75) is 37.7 Å². The molecule has 0 saturated heterocycles. The minimum Gasteiger partial charge on any atom is -0.325 e. The Morgan fingerprint density at radius 2 is 1.93 bits per heavy atom. The molecule has 0 unspecified atom stereocenters. The van der Waals surface area contributed by atoms with Crippen molar-refractivity contribution in [1.82, 2.24) is 9.55 Å². The first-order valence-electron chi connectivity index (χ1n) is 9.08. The van der Waals surface area contributed by atoms with E-state index in [1.54, 1.807) is 41.8 Å². The Morgan fingerprint density at radius 3 is 2.64 bits per heavy atom. The SMILES string of the molecule is CC(C)Cn1c(S[C@@H](C)C(=O)Nc2cccc(Cl)c2)nc2ccccc2c1=O. The highest BCUT2D eigenvalue weighted by Crippen LogP contribution is 2.25. The number of fused-ring (bicyclic) bond motifs is 1. The molecule has 146 valence electrons. The van der Waals surface area contributed by atoms with Gasteiger partial charge in [0.25, 0.3) is 5.56 Å². The van der Waals surface area contributed by atoms with Gasteiger partial charge in [-0.25, -0.2) is 4.98 Å². The second-order valence-electron chi connectivity index (χ2n) is 6.98. The molecule has 0 bridgehead atoms. The van der Waals surface area contributed by atoms with Gasteiger partial charge in [-0.15, -0.1) is 0 Å². The number of aromatic nitrogens is 2. The van der Waals surface area contributed by atoms with E-state index in [2.05, 4.69) is 10.3 Å². The van der Waals surface area contributed by atoms with Crippen LogP contribution in [0.1, 0.15) is 20.8 Å². The second-order valence-corrected chi connectivity index (χ2v) is 8.73. The molecule has 0 radical (unpaired) electrons. The van der Waals surface area contributed by atoms with Crippen molar-refractivity contribution in [3.05, 3.63) is 63.9 Å². The molecule has 0 aliphatic heterocycles. The Kier molecular flexibility index (Phi) is 6.42. The maximum absolute atomic E-state index is 13.0. The van der Waals surface area contributed by atoms with E-state index in [0.29, 0.717) is 33.3 Å². The summed E-state index contributed by atoms with van der Waals surface area (Å²) in [5.74, 6) is 0.0985. The van der Waals surface area contributed by atoms with Crippen molar-refractivity contribution in [3.63, 3.8) is 0 Å². The van der Waals surface area contributed by atoms with Crippen molar-refractivity contribution in [2.24, 2.45) is 5.92 Å². The molecule has 1 amide bonds. The number of carbonyl (C=O) groups excluding carboxylic acids is 1. The van der Waals surface area contributed by atoms with Crippen LogP contribution in [-0.2, 0) is 11.3 Å². The fraction of sp³-hybridized carbons (Fsp3) is 0.286. The molecule has 28 heavy (non-hydrogen) atoms. The van der Waals surface area contributed by atoms with Gasteiger partial charge in [-0.3, -0.25) is 14.2 Å². The lowest BCUT2D eigenvalue weighted by Crippen LogP contribution is -2.28. The summed E-state index contributed by atoms with van der Waals surface area (Å²) >= 11 is 7.25. The molecule has 0 fully saturated rings. The normalized spacial score (nSPS) is 12.3. The second kappa shape index (κ2) is 8.80. The van der Waals surface area contributed by atoms with E-state index in [-0.39, 0.29) is 17.4 Å². The number of nitrogens with zero attached hydrogens (tertiary/aromatic N) is 2. The van der Waals surface area contributed by atoms with Crippen LogP contribution in [0.3, 0.4) is 0 Å². The van der Waals surface area contributed by atoms with Gasteiger partial charge >= 0.3 is 0 Å². The summed E-state index contributed by atoms with van der Waals surface area (Å²) in [5.41, 5.74) is 1.19. The molecule has 1 aromatic heterocycles. The topological polar surface area (TPSA) is 64.0 Å². The van der Waals surface area contributed by atoms with Crippen LogP contribution in [0.2, 0.25) is 5.02 Å². The number of hydrogen-bond acceptors (Lipinski definition) is 4. The first kappa shape index (κ1) is 20.4. The zero-order chi connectivity index (χ0) is 20.3. The number of halogens is 1. The number of hydrogen-bond donors (Lipinski definition) is 1. The highest BCUT2D eigenvalue weighted by molar-refractivity contribution is 8.00. The summed E-state index contributed by atoms with van der Waals surface area (Å²) in [6.07, 6.45) is 0. The van der Waals surface area contributed by atoms with Crippen LogP contribution in [0.15, 0.2) is 58.5 Å². The lowest BCUT2D eigenvalue weighted by Gasteiger charge is -2.17. The molecule has 3 aromatic rings. The maximum atomic E-state index is 13.0. The average molecular weight is 416 g/mol. The van der Waals surface area contributed by atoms with Crippen LogP contribution >= 0.6 is 23.4 Å². The third-order valence-electron chi connectivity index (χ3n) is 4.12. The monoisotopic (exact) mass is 415 g/mol. The van der Waals surface area contributed by atoms with Gasteiger partial charge in [-0.05, 0) is 43.2 Å². The number of amides is 1. The molecule has 5 nitrogen and oxygen atoms in total. The third-order valence-corrected chi connectivity index (χ3v) is 5.44. The summed E-state index contributed by atoms with van der Waals surface area (Å²) in [6.45, 7) is 6.43. The van der Waals surface area contributed by atoms with Gasteiger partial charge in [0.2, 0.25) is 5.91 Å². The van der Waals surface area contributed by atoms with Crippen molar-refractivity contribution in [2.75, 3.05) is 5.32 Å². The number of carbonyl (C=O) groups is 1. The summed E-state index contributed by atoms with van der Waals surface area (Å²) in [7, 11) is 0. The van der Waals surface area contributed by atoms with Gasteiger partial charge in [-0.1, -0.05) is 55.4 Å².